The molecule has 0 bridgehead atoms. The highest BCUT2D eigenvalue weighted by Crippen LogP contribution is 2.32. The second-order valence-corrected chi connectivity index (χ2v) is 8.18. The fourth-order valence-electron chi connectivity index (χ4n) is 3.68. The van der Waals surface area contributed by atoms with Crippen LogP contribution >= 0.6 is 11.3 Å². The highest BCUT2D eigenvalue weighted by atomic mass is 32.1. The molecule has 2 aromatic carbocycles. The van der Waals surface area contributed by atoms with E-state index in [2.05, 4.69) is 4.99 Å². The minimum absolute atomic E-state index is 0.112. The lowest BCUT2D eigenvalue weighted by Gasteiger charge is -2.25. The quantitative estimate of drug-likeness (QED) is 0.604. The molecule has 32 heavy (non-hydrogen) atoms. The van der Waals surface area contributed by atoms with Crippen LogP contribution in [0.2, 0.25) is 0 Å². The van der Waals surface area contributed by atoms with Gasteiger partial charge in [-0.3, -0.25) is 9.36 Å². The average molecular weight is 451 g/mol. The lowest BCUT2D eigenvalue weighted by molar-refractivity contribution is -0.139. The van der Waals surface area contributed by atoms with Crippen molar-refractivity contribution >= 4 is 23.4 Å². The first-order valence-corrected chi connectivity index (χ1v) is 10.9. The van der Waals surface area contributed by atoms with Gasteiger partial charge in [-0.05, 0) is 55.3 Å². The van der Waals surface area contributed by atoms with Gasteiger partial charge in [0.05, 0.1) is 35.6 Å². The molecule has 3 aromatic rings. The number of hydrogen-bond donors (Lipinski definition) is 1. The SMILES string of the molecule is CCOC(=O)C1=C(C)N=c2s/c(=C\c3cccc(O)c3)c(=O)n2C1c1cccc(OC)c1. The third-order valence-corrected chi connectivity index (χ3v) is 6.08. The summed E-state index contributed by atoms with van der Waals surface area (Å²) in [5, 5.41) is 9.76. The van der Waals surface area contributed by atoms with E-state index in [0.29, 0.717) is 37.5 Å². The molecule has 0 amide bonds. The minimum Gasteiger partial charge on any atom is -0.508 e. The largest absolute Gasteiger partial charge is 0.508 e. The van der Waals surface area contributed by atoms with Gasteiger partial charge in [0.15, 0.2) is 4.80 Å². The Morgan fingerprint density at radius 1 is 1.25 bits per heavy atom. The van der Waals surface area contributed by atoms with E-state index in [1.54, 1.807) is 63.4 Å². The molecule has 0 aliphatic carbocycles. The van der Waals surface area contributed by atoms with E-state index in [4.69, 9.17) is 9.47 Å². The molecule has 0 fully saturated rings. The number of ether oxygens (including phenoxy) is 2. The fourth-order valence-corrected chi connectivity index (χ4v) is 4.73. The third kappa shape index (κ3) is 3.97. The lowest BCUT2D eigenvalue weighted by Crippen LogP contribution is -2.39. The summed E-state index contributed by atoms with van der Waals surface area (Å²) in [6, 6.07) is 13.2. The Kier molecular flexibility index (Phi) is 5.96. The average Bonchev–Trinajstić information content (AvgIpc) is 3.07. The predicted molar refractivity (Wildman–Crippen MR) is 121 cm³/mol. The van der Waals surface area contributed by atoms with Crippen LogP contribution < -0.4 is 19.6 Å². The number of esters is 1. The summed E-state index contributed by atoms with van der Waals surface area (Å²) < 4.78 is 12.6. The van der Waals surface area contributed by atoms with Crippen LogP contribution in [0.15, 0.2) is 69.6 Å². The number of hydrogen-bond acceptors (Lipinski definition) is 7. The number of carbonyl (C=O) groups is 1. The monoisotopic (exact) mass is 450 g/mol. The maximum Gasteiger partial charge on any atom is 0.338 e. The van der Waals surface area contributed by atoms with Gasteiger partial charge in [0.2, 0.25) is 0 Å². The molecule has 0 saturated carbocycles. The van der Waals surface area contributed by atoms with Gasteiger partial charge in [0, 0.05) is 0 Å². The van der Waals surface area contributed by atoms with Crippen LogP contribution in [0, 0.1) is 0 Å². The van der Waals surface area contributed by atoms with Crippen LogP contribution in [-0.4, -0.2) is 29.4 Å². The molecule has 2 heterocycles. The molecule has 1 aliphatic heterocycles. The summed E-state index contributed by atoms with van der Waals surface area (Å²) in [5.41, 5.74) is 1.94. The Morgan fingerprint density at radius 3 is 2.75 bits per heavy atom. The molecule has 1 N–H and O–H groups in total. The van der Waals surface area contributed by atoms with Crippen molar-refractivity contribution < 1.29 is 19.4 Å². The topological polar surface area (TPSA) is 90.1 Å². The van der Waals surface area contributed by atoms with Gasteiger partial charge in [0.25, 0.3) is 5.56 Å². The van der Waals surface area contributed by atoms with E-state index in [9.17, 15) is 14.7 Å². The summed E-state index contributed by atoms with van der Waals surface area (Å²) >= 11 is 1.23. The number of nitrogens with zero attached hydrogens (tertiary/aromatic N) is 2. The number of thiazole rings is 1. The van der Waals surface area contributed by atoms with Crippen LogP contribution in [0.5, 0.6) is 11.5 Å². The minimum atomic E-state index is -0.702. The molecular formula is C24H22N2O5S. The Balaban J connectivity index is 1.97. The number of benzene rings is 2. The van der Waals surface area contributed by atoms with Crippen LogP contribution in [-0.2, 0) is 9.53 Å². The Morgan fingerprint density at radius 2 is 2.03 bits per heavy atom. The first kappa shape index (κ1) is 21.6. The van der Waals surface area contributed by atoms with Crippen LogP contribution in [0.1, 0.15) is 31.0 Å². The summed E-state index contributed by atoms with van der Waals surface area (Å²) in [6.45, 7) is 3.69. The number of carbonyl (C=O) groups excluding carboxylic acids is 1. The highest BCUT2D eigenvalue weighted by Gasteiger charge is 2.33. The Bertz CT molecular complexity index is 1400. The predicted octanol–water partition coefficient (Wildman–Crippen LogP) is 2.51. The maximum atomic E-state index is 13.5. The van der Waals surface area contributed by atoms with E-state index in [-0.39, 0.29) is 17.9 Å². The van der Waals surface area contributed by atoms with Gasteiger partial charge in [-0.1, -0.05) is 35.6 Å². The van der Waals surface area contributed by atoms with E-state index in [1.807, 2.05) is 12.1 Å². The summed E-state index contributed by atoms with van der Waals surface area (Å²) in [5.74, 6) is 0.215. The maximum absolute atomic E-state index is 13.5. The summed E-state index contributed by atoms with van der Waals surface area (Å²) in [6.07, 6.45) is 1.70. The van der Waals surface area contributed by atoms with Gasteiger partial charge in [-0.2, -0.15) is 0 Å². The van der Waals surface area contributed by atoms with Crippen molar-refractivity contribution in [1.82, 2.24) is 4.57 Å². The Labute approximate surface area is 188 Å². The molecule has 1 atom stereocenters. The summed E-state index contributed by atoms with van der Waals surface area (Å²) in [7, 11) is 1.56. The van der Waals surface area contributed by atoms with Crippen molar-refractivity contribution in [3.8, 4) is 11.5 Å². The Hall–Kier alpha value is -3.65. The second kappa shape index (κ2) is 8.84. The number of allylic oxidation sites excluding steroid dienone is 1. The zero-order valence-electron chi connectivity index (χ0n) is 17.9. The summed E-state index contributed by atoms with van der Waals surface area (Å²) in [4.78, 5) is 31.4. The van der Waals surface area contributed by atoms with E-state index in [1.165, 1.54) is 15.9 Å². The van der Waals surface area contributed by atoms with Crippen LogP contribution in [0.4, 0.5) is 0 Å². The zero-order valence-corrected chi connectivity index (χ0v) is 18.7. The molecule has 0 saturated heterocycles. The number of fused-ring (bicyclic) bond motifs is 1. The van der Waals surface area contributed by atoms with E-state index >= 15 is 0 Å². The molecule has 0 radical (unpaired) electrons. The van der Waals surface area contributed by atoms with Crippen molar-refractivity contribution in [1.29, 1.82) is 0 Å². The second-order valence-electron chi connectivity index (χ2n) is 7.17. The first-order valence-electron chi connectivity index (χ1n) is 10.1. The van der Waals surface area contributed by atoms with Crippen LogP contribution in [0.25, 0.3) is 6.08 Å². The fraction of sp³-hybridized carbons (Fsp3) is 0.208. The van der Waals surface area contributed by atoms with Gasteiger partial charge in [0.1, 0.15) is 11.5 Å². The normalized spacial score (nSPS) is 15.8. The number of rotatable bonds is 5. The van der Waals surface area contributed by atoms with Crippen molar-refractivity contribution in [3.05, 3.63) is 90.6 Å². The van der Waals surface area contributed by atoms with E-state index < -0.39 is 12.0 Å². The van der Waals surface area contributed by atoms with Gasteiger partial charge < -0.3 is 14.6 Å². The number of aromatic nitrogens is 1. The van der Waals surface area contributed by atoms with E-state index in [0.717, 1.165) is 0 Å². The molecule has 1 aliphatic rings. The number of aromatic hydroxyl groups is 1. The van der Waals surface area contributed by atoms with Crippen molar-refractivity contribution in [2.45, 2.75) is 19.9 Å². The molecule has 8 heteroatoms. The van der Waals surface area contributed by atoms with Crippen molar-refractivity contribution in [3.63, 3.8) is 0 Å². The first-order chi connectivity index (χ1) is 15.4. The van der Waals surface area contributed by atoms with Gasteiger partial charge in [-0.25, -0.2) is 9.79 Å². The van der Waals surface area contributed by atoms with Crippen LogP contribution in [0.3, 0.4) is 0 Å². The molecule has 7 nitrogen and oxygen atoms in total. The molecule has 1 aromatic heterocycles. The molecule has 4 rings (SSSR count). The van der Waals surface area contributed by atoms with Crippen molar-refractivity contribution in [2.24, 2.45) is 4.99 Å². The molecule has 1 unspecified atom stereocenters. The lowest BCUT2D eigenvalue weighted by atomic mass is 9.95. The standard InChI is InChI=1S/C24H22N2O5S/c1-4-31-23(29)20-14(2)25-24-26(21(20)16-8-6-10-18(13-16)30-3)22(28)19(32-24)12-15-7-5-9-17(27)11-15/h5-13,21,27H,4H2,1-3H3/b19-12-. The van der Waals surface area contributed by atoms with Gasteiger partial charge in [-0.15, -0.1) is 0 Å². The zero-order chi connectivity index (χ0) is 22.8. The molecular weight excluding hydrogens is 428 g/mol. The number of methoxy groups -OCH3 is 1. The highest BCUT2D eigenvalue weighted by molar-refractivity contribution is 7.07. The number of phenolic OH excluding ortho intramolecular Hbond substituents is 1. The molecule has 0 spiro atoms. The number of phenols is 1. The third-order valence-electron chi connectivity index (χ3n) is 5.09. The molecule has 164 valence electrons. The van der Waals surface area contributed by atoms with Crippen molar-refractivity contribution in [2.75, 3.05) is 13.7 Å². The smallest absolute Gasteiger partial charge is 0.338 e. The van der Waals surface area contributed by atoms with Gasteiger partial charge >= 0.3 is 5.97 Å².